The Hall–Kier alpha value is -3.95. The van der Waals surface area contributed by atoms with E-state index in [1.54, 1.807) is 60.7 Å². The van der Waals surface area contributed by atoms with E-state index < -0.39 is 34.8 Å². The van der Waals surface area contributed by atoms with E-state index >= 15 is 0 Å². The quantitative estimate of drug-likeness (QED) is 0.305. The molecule has 0 unspecified atom stereocenters. The molecule has 0 saturated carbocycles. The zero-order valence-electron chi connectivity index (χ0n) is 17.8. The van der Waals surface area contributed by atoms with Crippen LogP contribution in [0.2, 0.25) is 5.02 Å². The van der Waals surface area contributed by atoms with Crippen LogP contribution in [0.15, 0.2) is 72.8 Å². The molecule has 0 radical (unpaired) electrons. The van der Waals surface area contributed by atoms with Gasteiger partial charge >= 0.3 is 0 Å². The number of non-ortho nitro benzene ring substituents is 1. The minimum atomic E-state index is -1.09. The van der Waals surface area contributed by atoms with Crippen LogP contribution >= 0.6 is 11.6 Å². The zero-order valence-corrected chi connectivity index (χ0v) is 18.6. The number of hydroxylamine groups is 1. The summed E-state index contributed by atoms with van der Waals surface area (Å²) < 4.78 is 5.15. The first-order valence-corrected chi connectivity index (χ1v) is 10.7. The lowest BCUT2D eigenvalue weighted by atomic mass is 9.90. The van der Waals surface area contributed by atoms with Crippen molar-refractivity contribution in [1.82, 2.24) is 0 Å². The van der Waals surface area contributed by atoms with Crippen molar-refractivity contribution in [2.45, 2.75) is 12.1 Å². The number of amides is 2. The molecule has 0 bridgehead atoms. The molecule has 0 aliphatic carbocycles. The monoisotopic (exact) mass is 479 g/mol. The summed E-state index contributed by atoms with van der Waals surface area (Å²) in [6, 6.07) is 18.5. The minimum absolute atomic E-state index is 0.124. The Bertz CT molecular complexity index is 1280. The number of carbonyl (C=O) groups excluding carboxylic acids is 2. The van der Waals surface area contributed by atoms with Gasteiger partial charge in [-0.2, -0.15) is 0 Å². The molecule has 10 heteroatoms. The number of imide groups is 1. The first kappa shape index (κ1) is 21.9. The number of methoxy groups -OCH3 is 1. The number of benzene rings is 3. The van der Waals surface area contributed by atoms with E-state index in [-0.39, 0.29) is 5.69 Å². The van der Waals surface area contributed by atoms with E-state index in [9.17, 15) is 19.7 Å². The van der Waals surface area contributed by atoms with Crippen molar-refractivity contribution < 1.29 is 24.1 Å². The molecule has 3 atom stereocenters. The van der Waals surface area contributed by atoms with E-state index in [2.05, 4.69) is 0 Å². The Morgan fingerprint density at radius 2 is 1.65 bits per heavy atom. The van der Waals surface area contributed by atoms with Crippen molar-refractivity contribution in [1.29, 1.82) is 0 Å². The van der Waals surface area contributed by atoms with Crippen molar-refractivity contribution in [2.24, 2.45) is 5.92 Å². The molecule has 3 aromatic rings. The number of ether oxygens (including phenoxy) is 1. The number of hydrogen-bond donors (Lipinski definition) is 0. The van der Waals surface area contributed by atoms with Crippen LogP contribution in [-0.4, -0.2) is 30.0 Å². The predicted molar refractivity (Wildman–Crippen MR) is 124 cm³/mol. The fourth-order valence-corrected chi connectivity index (χ4v) is 4.50. The molecule has 9 nitrogen and oxygen atoms in total. The second-order valence-electron chi connectivity index (χ2n) is 7.86. The maximum atomic E-state index is 13.6. The second-order valence-corrected chi connectivity index (χ2v) is 8.30. The van der Waals surface area contributed by atoms with Crippen LogP contribution in [0.1, 0.15) is 11.6 Å². The van der Waals surface area contributed by atoms with Crippen molar-refractivity contribution in [2.75, 3.05) is 17.1 Å². The predicted octanol–water partition coefficient (Wildman–Crippen LogP) is 4.31. The Labute approximate surface area is 199 Å². The molecular formula is C24H18ClN3O6. The third-order valence-corrected chi connectivity index (χ3v) is 6.20. The summed E-state index contributed by atoms with van der Waals surface area (Å²) in [6.45, 7) is 0. The summed E-state index contributed by atoms with van der Waals surface area (Å²) in [7, 11) is 1.52. The number of nitro groups is 1. The smallest absolute Gasteiger partial charge is 0.269 e. The van der Waals surface area contributed by atoms with E-state index in [1.807, 2.05) is 0 Å². The van der Waals surface area contributed by atoms with Crippen LogP contribution in [0.4, 0.5) is 17.1 Å². The van der Waals surface area contributed by atoms with E-state index in [0.29, 0.717) is 27.7 Å². The number of nitro benzene ring substituents is 1. The lowest BCUT2D eigenvalue weighted by molar-refractivity contribution is -0.384. The molecule has 34 heavy (non-hydrogen) atoms. The van der Waals surface area contributed by atoms with Crippen LogP contribution in [0, 0.1) is 16.0 Å². The average Bonchev–Trinajstić information content (AvgIpc) is 3.35. The molecule has 0 aromatic heterocycles. The van der Waals surface area contributed by atoms with Crippen LogP contribution < -0.4 is 14.7 Å². The van der Waals surface area contributed by atoms with Gasteiger partial charge in [0.15, 0.2) is 6.10 Å². The van der Waals surface area contributed by atoms with Gasteiger partial charge in [-0.1, -0.05) is 23.7 Å². The van der Waals surface area contributed by atoms with Gasteiger partial charge in [-0.05, 0) is 54.1 Å². The third kappa shape index (κ3) is 3.55. The largest absolute Gasteiger partial charge is 0.497 e. The van der Waals surface area contributed by atoms with Crippen LogP contribution in [0.25, 0.3) is 0 Å². The first-order valence-electron chi connectivity index (χ1n) is 10.4. The number of nitrogens with zero attached hydrogens (tertiary/aromatic N) is 3. The molecule has 0 N–H and O–H groups in total. The van der Waals surface area contributed by atoms with E-state index in [0.717, 1.165) is 4.90 Å². The molecule has 2 heterocycles. The SMILES string of the molecule is COc1ccc(N2C(=O)[C@H]3[C@@H](ON(c4ccc(Cl)cc4)[C@H]3c3cccc([N+](=O)[O-])c3)C2=O)cc1. The number of halogens is 1. The van der Waals surface area contributed by atoms with Gasteiger partial charge in [-0.25, -0.2) is 9.96 Å². The molecule has 5 rings (SSSR count). The summed E-state index contributed by atoms with van der Waals surface area (Å²) >= 11 is 6.02. The van der Waals surface area contributed by atoms with Gasteiger partial charge in [0.25, 0.3) is 11.6 Å². The third-order valence-electron chi connectivity index (χ3n) is 5.95. The molecule has 2 fully saturated rings. The minimum Gasteiger partial charge on any atom is -0.497 e. The van der Waals surface area contributed by atoms with Gasteiger partial charge in [0.05, 0.1) is 29.4 Å². The van der Waals surface area contributed by atoms with Gasteiger partial charge < -0.3 is 4.74 Å². The number of carbonyl (C=O) groups is 2. The van der Waals surface area contributed by atoms with Gasteiger partial charge in [-0.15, -0.1) is 0 Å². The summed E-state index contributed by atoms with van der Waals surface area (Å²) in [5.74, 6) is -1.28. The van der Waals surface area contributed by atoms with Crippen molar-refractivity contribution in [3.8, 4) is 5.75 Å². The maximum absolute atomic E-state index is 13.6. The standard InChI is InChI=1S/C24H18ClN3O6/c1-33-19-11-9-16(10-12-19)26-23(29)20-21(14-3-2-4-18(13-14)28(31)32)27(34-22(20)24(26)30)17-7-5-15(25)6-8-17/h2-13,20-22H,1H3/t20-,21+,22-/m1/s1. The Morgan fingerprint density at radius 1 is 0.971 bits per heavy atom. The Kier molecular flexibility index (Phi) is 5.43. The van der Waals surface area contributed by atoms with E-state index in [1.165, 1.54) is 24.3 Å². The number of anilines is 2. The second kappa shape index (κ2) is 8.44. The highest BCUT2D eigenvalue weighted by molar-refractivity contribution is 6.30. The molecule has 3 aromatic carbocycles. The Balaban J connectivity index is 1.58. The van der Waals surface area contributed by atoms with Crippen LogP contribution in [0.5, 0.6) is 5.75 Å². The average molecular weight is 480 g/mol. The number of fused-ring (bicyclic) bond motifs is 1. The van der Waals surface area contributed by atoms with Gasteiger partial charge in [0.2, 0.25) is 5.91 Å². The molecule has 2 aliphatic heterocycles. The number of rotatable bonds is 5. The zero-order chi connectivity index (χ0) is 24.0. The lowest BCUT2D eigenvalue weighted by Gasteiger charge is -2.28. The molecule has 2 saturated heterocycles. The summed E-state index contributed by atoms with van der Waals surface area (Å²) in [5, 5.41) is 13.4. The highest BCUT2D eigenvalue weighted by Gasteiger charge is 2.60. The number of hydrogen-bond acceptors (Lipinski definition) is 7. The molecular weight excluding hydrogens is 462 g/mol. The highest BCUT2D eigenvalue weighted by atomic mass is 35.5. The Morgan fingerprint density at radius 3 is 2.29 bits per heavy atom. The van der Waals surface area contributed by atoms with Gasteiger partial charge in [0, 0.05) is 17.2 Å². The van der Waals surface area contributed by atoms with Crippen molar-refractivity contribution in [3.63, 3.8) is 0 Å². The van der Waals surface area contributed by atoms with Gasteiger partial charge in [0.1, 0.15) is 11.7 Å². The molecule has 2 amide bonds. The summed E-state index contributed by atoms with van der Waals surface area (Å²) in [4.78, 5) is 45.0. The highest BCUT2D eigenvalue weighted by Crippen LogP contribution is 2.48. The van der Waals surface area contributed by atoms with Crippen LogP contribution in [-0.2, 0) is 14.4 Å². The van der Waals surface area contributed by atoms with Crippen molar-refractivity contribution >= 4 is 40.5 Å². The lowest BCUT2D eigenvalue weighted by Crippen LogP contribution is -2.37. The molecule has 0 spiro atoms. The molecule has 2 aliphatic rings. The van der Waals surface area contributed by atoms with Crippen molar-refractivity contribution in [3.05, 3.63) is 93.5 Å². The maximum Gasteiger partial charge on any atom is 0.269 e. The normalized spacial score (nSPS) is 21.6. The fourth-order valence-electron chi connectivity index (χ4n) is 4.37. The molecule has 172 valence electrons. The van der Waals surface area contributed by atoms with Gasteiger partial charge in [-0.3, -0.25) is 24.5 Å². The summed E-state index contributed by atoms with van der Waals surface area (Å²) in [6.07, 6.45) is -1.09. The first-order chi connectivity index (χ1) is 16.4. The fraction of sp³-hybridized carbons (Fsp3) is 0.167. The van der Waals surface area contributed by atoms with Crippen LogP contribution in [0.3, 0.4) is 0 Å². The van der Waals surface area contributed by atoms with E-state index in [4.69, 9.17) is 21.2 Å². The topological polar surface area (TPSA) is 102 Å². The summed E-state index contributed by atoms with van der Waals surface area (Å²) in [5.41, 5.74) is 1.31.